The first-order chi connectivity index (χ1) is 10.0. The highest BCUT2D eigenvalue weighted by molar-refractivity contribution is 6.33. The molecule has 4 nitrogen and oxygen atoms in total. The molecule has 2 rings (SSSR count). The van der Waals surface area contributed by atoms with Gasteiger partial charge in [0.15, 0.2) is 0 Å². The molecule has 112 valence electrons. The lowest BCUT2D eigenvalue weighted by Crippen LogP contribution is -2.09. The van der Waals surface area contributed by atoms with E-state index in [-0.39, 0.29) is 0 Å². The Morgan fingerprint density at radius 1 is 1.10 bits per heavy atom. The molecule has 0 fully saturated rings. The Morgan fingerprint density at radius 3 is 2.48 bits per heavy atom. The zero-order valence-corrected chi connectivity index (χ0v) is 13.7. The van der Waals surface area contributed by atoms with E-state index in [9.17, 15) is 0 Å². The van der Waals surface area contributed by atoms with Crippen LogP contribution in [0.2, 0.25) is 5.02 Å². The number of rotatable bonds is 5. The molecule has 0 aliphatic carbocycles. The van der Waals surface area contributed by atoms with Gasteiger partial charge in [0, 0.05) is 12.1 Å². The van der Waals surface area contributed by atoms with Crippen LogP contribution in [0, 0.1) is 20.8 Å². The van der Waals surface area contributed by atoms with Crippen LogP contribution < -0.4 is 10.6 Å². The van der Waals surface area contributed by atoms with Crippen LogP contribution in [0.5, 0.6) is 0 Å². The molecule has 21 heavy (non-hydrogen) atoms. The maximum Gasteiger partial charge on any atom is 0.139 e. The van der Waals surface area contributed by atoms with E-state index in [1.165, 1.54) is 0 Å². The third kappa shape index (κ3) is 3.85. The largest absolute Gasteiger partial charge is 0.370 e. The molecule has 1 aromatic carbocycles. The fourth-order valence-electron chi connectivity index (χ4n) is 2.01. The molecule has 0 aliphatic rings. The molecular weight excluding hydrogens is 284 g/mol. The Balaban J connectivity index is 2.32. The molecule has 0 aliphatic heterocycles. The third-order valence-corrected chi connectivity index (χ3v) is 3.49. The smallest absolute Gasteiger partial charge is 0.139 e. The third-order valence-electron chi connectivity index (χ3n) is 3.18. The Kier molecular flexibility index (Phi) is 5.02. The molecule has 0 atom stereocenters. The first kappa shape index (κ1) is 15.6. The second kappa shape index (κ2) is 6.76. The Morgan fingerprint density at radius 2 is 1.81 bits per heavy atom. The van der Waals surface area contributed by atoms with Gasteiger partial charge in [-0.1, -0.05) is 24.6 Å². The van der Waals surface area contributed by atoms with Crippen molar-refractivity contribution in [2.75, 3.05) is 17.2 Å². The fourth-order valence-corrected chi connectivity index (χ4v) is 2.30. The number of halogens is 1. The SMILES string of the molecule is CCCNc1nc(C)nc(Nc2ccc(C)cc2Cl)c1C. The Bertz CT molecular complexity index is 640. The van der Waals surface area contributed by atoms with Crippen molar-refractivity contribution in [1.82, 2.24) is 9.97 Å². The second-order valence-electron chi connectivity index (χ2n) is 5.13. The average Bonchev–Trinajstić information content (AvgIpc) is 2.43. The molecule has 0 radical (unpaired) electrons. The van der Waals surface area contributed by atoms with Gasteiger partial charge >= 0.3 is 0 Å². The summed E-state index contributed by atoms with van der Waals surface area (Å²) < 4.78 is 0. The zero-order valence-electron chi connectivity index (χ0n) is 12.9. The molecule has 5 heteroatoms. The molecule has 0 saturated heterocycles. The Labute approximate surface area is 131 Å². The van der Waals surface area contributed by atoms with Crippen molar-refractivity contribution >= 4 is 28.9 Å². The predicted molar refractivity (Wildman–Crippen MR) is 89.8 cm³/mol. The van der Waals surface area contributed by atoms with Crippen LogP contribution in [0.25, 0.3) is 0 Å². The highest BCUT2D eigenvalue weighted by Gasteiger charge is 2.10. The lowest BCUT2D eigenvalue weighted by atomic mass is 10.2. The van der Waals surface area contributed by atoms with E-state index in [0.717, 1.165) is 47.2 Å². The molecule has 1 heterocycles. The van der Waals surface area contributed by atoms with E-state index >= 15 is 0 Å². The van der Waals surface area contributed by atoms with Crippen LogP contribution in [0.4, 0.5) is 17.3 Å². The molecule has 0 unspecified atom stereocenters. The summed E-state index contributed by atoms with van der Waals surface area (Å²) in [5, 5.41) is 7.32. The van der Waals surface area contributed by atoms with Crippen molar-refractivity contribution in [2.24, 2.45) is 0 Å². The first-order valence-corrected chi connectivity index (χ1v) is 7.51. The van der Waals surface area contributed by atoms with E-state index in [1.54, 1.807) is 0 Å². The van der Waals surface area contributed by atoms with Crippen LogP contribution in [-0.2, 0) is 0 Å². The van der Waals surface area contributed by atoms with E-state index < -0.39 is 0 Å². The van der Waals surface area contributed by atoms with Gasteiger partial charge in [-0.05, 0) is 44.9 Å². The monoisotopic (exact) mass is 304 g/mol. The molecule has 0 spiro atoms. The highest BCUT2D eigenvalue weighted by atomic mass is 35.5. The van der Waals surface area contributed by atoms with Crippen molar-refractivity contribution < 1.29 is 0 Å². The molecule has 0 bridgehead atoms. The van der Waals surface area contributed by atoms with Crippen LogP contribution in [0.3, 0.4) is 0 Å². The van der Waals surface area contributed by atoms with Crippen molar-refractivity contribution in [3.63, 3.8) is 0 Å². The summed E-state index contributed by atoms with van der Waals surface area (Å²) in [5.41, 5.74) is 2.97. The van der Waals surface area contributed by atoms with Gasteiger partial charge < -0.3 is 10.6 Å². The van der Waals surface area contributed by atoms with Crippen LogP contribution in [0.15, 0.2) is 18.2 Å². The van der Waals surface area contributed by atoms with Crippen LogP contribution in [0.1, 0.15) is 30.3 Å². The van der Waals surface area contributed by atoms with E-state index in [0.29, 0.717) is 5.02 Å². The molecule has 0 amide bonds. The number of benzene rings is 1. The first-order valence-electron chi connectivity index (χ1n) is 7.13. The minimum atomic E-state index is 0.689. The maximum absolute atomic E-state index is 6.27. The summed E-state index contributed by atoms with van der Waals surface area (Å²) in [6.45, 7) is 8.92. The lowest BCUT2D eigenvalue weighted by molar-refractivity contribution is 0.948. The number of hydrogen-bond donors (Lipinski definition) is 2. The van der Waals surface area contributed by atoms with Gasteiger partial charge in [0.1, 0.15) is 17.5 Å². The van der Waals surface area contributed by atoms with Gasteiger partial charge in [-0.15, -0.1) is 0 Å². The van der Waals surface area contributed by atoms with Gasteiger partial charge in [-0.3, -0.25) is 0 Å². The van der Waals surface area contributed by atoms with Gasteiger partial charge in [0.2, 0.25) is 0 Å². The number of anilines is 3. The van der Waals surface area contributed by atoms with Crippen molar-refractivity contribution in [3.8, 4) is 0 Å². The molecular formula is C16H21ClN4. The number of aryl methyl sites for hydroxylation is 2. The molecule has 2 aromatic rings. The van der Waals surface area contributed by atoms with E-state index in [2.05, 4.69) is 27.5 Å². The number of hydrogen-bond acceptors (Lipinski definition) is 4. The second-order valence-corrected chi connectivity index (χ2v) is 5.54. The van der Waals surface area contributed by atoms with Crippen LogP contribution in [-0.4, -0.2) is 16.5 Å². The van der Waals surface area contributed by atoms with Gasteiger partial charge in [-0.25, -0.2) is 9.97 Å². The fraction of sp³-hybridized carbons (Fsp3) is 0.375. The molecule has 1 aromatic heterocycles. The van der Waals surface area contributed by atoms with E-state index in [4.69, 9.17) is 11.6 Å². The predicted octanol–water partition coefficient (Wildman–Crippen LogP) is 4.62. The summed E-state index contributed by atoms with van der Waals surface area (Å²) >= 11 is 6.27. The van der Waals surface area contributed by atoms with Gasteiger partial charge in [0.25, 0.3) is 0 Å². The van der Waals surface area contributed by atoms with Gasteiger partial charge in [0.05, 0.1) is 10.7 Å². The van der Waals surface area contributed by atoms with Crippen LogP contribution >= 0.6 is 11.6 Å². The number of nitrogens with one attached hydrogen (secondary N) is 2. The van der Waals surface area contributed by atoms with Gasteiger partial charge in [-0.2, -0.15) is 0 Å². The zero-order chi connectivity index (χ0) is 15.4. The Hall–Kier alpha value is -1.81. The maximum atomic E-state index is 6.27. The topological polar surface area (TPSA) is 49.8 Å². The lowest BCUT2D eigenvalue weighted by Gasteiger charge is -2.15. The summed E-state index contributed by atoms with van der Waals surface area (Å²) in [4.78, 5) is 8.93. The molecule has 0 saturated carbocycles. The highest BCUT2D eigenvalue weighted by Crippen LogP contribution is 2.28. The number of aromatic nitrogens is 2. The summed E-state index contributed by atoms with van der Waals surface area (Å²) in [6.07, 6.45) is 1.05. The molecule has 2 N–H and O–H groups in total. The average molecular weight is 305 g/mol. The summed E-state index contributed by atoms with van der Waals surface area (Å²) in [6, 6.07) is 5.92. The number of nitrogens with zero attached hydrogens (tertiary/aromatic N) is 2. The van der Waals surface area contributed by atoms with Crippen molar-refractivity contribution in [3.05, 3.63) is 40.2 Å². The summed E-state index contributed by atoms with van der Waals surface area (Å²) in [5.74, 6) is 2.38. The standard InChI is InChI=1S/C16H21ClN4/c1-5-8-18-15-11(3)16(20-12(4)19-15)21-14-7-6-10(2)9-13(14)17/h6-7,9H,5,8H2,1-4H3,(H2,18,19,20,21). The quantitative estimate of drug-likeness (QED) is 0.846. The summed E-state index contributed by atoms with van der Waals surface area (Å²) in [7, 11) is 0. The van der Waals surface area contributed by atoms with Crippen molar-refractivity contribution in [2.45, 2.75) is 34.1 Å². The minimum absolute atomic E-state index is 0.689. The normalized spacial score (nSPS) is 10.5. The van der Waals surface area contributed by atoms with Crippen molar-refractivity contribution in [1.29, 1.82) is 0 Å². The minimum Gasteiger partial charge on any atom is -0.370 e. The van der Waals surface area contributed by atoms with E-state index in [1.807, 2.05) is 39.0 Å².